The standard InChI is InChI=1S/C4H3N2O2/c7-3-5-4-1-2-8-6-4/h1-3H. The first kappa shape index (κ1) is 4.83. The zero-order valence-corrected chi connectivity index (χ0v) is 3.94. The van der Waals surface area contributed by atoms with Crippen LogP contribution in [0.1, 0.15) is 0 Å². The Hall–Kier alpha value is -1.32. The molecule has 0 saturated heterocycles. The van der Waals surface area contributed by atoms with Crippen LogP contribution in [0.15, 0.2) is 16.9 Å². The Morgan fingerprint density at radius 2 is 2.75 bits per heavy atom. The number of amides is 1. The minimum absolute atomic E-state index is 0.306. The van der Waals surface area contributed by atoms with Crippen molar-refractivity contribution >= 4 is 12.2 Å². The summed E-state index contributed by atoms with van der Waals surface area (Å²) in [4.78, 5) is 9.62. The first-order valence-corrected chi connectivity index (χ1v) is 1.98. The van der Waals surface area contributed by atoms with Gasteiger partial charge in [0.2, 0.25) is 6.41 Å². The third-order valence-corrected chi connectivity index (χ3v) is 0.609. The van der Waals surface area contributed by atoms with Crippen LogP contribution < -0.4 is 5.32 Å². The minimum Gasteiger partial charge on any atom is -0.363 e. The Morgan fingerprint density at radius 3 is 3.25 bits per heavy atom. The van der Waals surface area contributed by atoms with E-state index in [9.17, 15) is 4.79 Å². The predicted molar refractivity (Wildman–Crippen MR) is 24.4 cm³/mol. The maximum atomic E-state index is 9.62. The molecule has 0 aliphatic carbocycles. The zero-order valence-electron chi connectivity index (χ0n) is 3.94. The van der Waals surface area contributed by atoms with E-state index in [4.69, 9.17) is 0 Å². The van der Waals surface area contributed by atoms with Crippen LogP contribution in [0.25, 0.3) is 0 Å². The number of nitrogens with zero attached hydrogens (tertiary/aromatic N) is 2. The van der Waals surface area contributed by atoms with Crippen LogP contribution in [0.5, 0.6) is 0 Å². The fourth-order valence-electron chi connectivity index (χ4n) is 0.327. The van der Waals surface area contributed by atoms with Gasteiger partial charge in [0.15, 0.2) is 5.82 Å². The van der Waals surface area contributed by atoms with Crippen molar-refractivity contribution in [2.24, 2.45) is 0 Å². The number of carbonyl (C=O) groups excluding carboxylic acids is 1. The second-order valence-corrected chi connectivity index (χ2v) is 1.09. The van der Waals surface area contributed by atoms with Crippen molar-refractivity contribution in [3.8, 4) is 0 Å². The fourth-order valence-corrected chi connectivity index (χ4v) is 0.327. The van der Waals surface area contributed by atoms with Gasteiger partial charge in [-0.3, -0.25) is 4.79 Å². The molecule has 1 rings (SSSR count). The summed E-state index contributed by atoms with van der Waals surface area (Å²) in [6.45, 7) is 0. The van der Waals surface area contributed by atoms with E-state index in [1.165, 1.54) is 12.3 Å². The third-order valence-electron chi connectivity index (χ3n) is 0.609. The summed E-state index contributed by atoms with van der Waals surface area (Å²) >= 11 is 0. The number of rotatable bonds is 2. The molecule has 0 aliphatic rings. The van der Waals surface area contributed by atoms with E-state index in [0.29, 0.717) is 12.2 Å². The van der Waals surface area contributed by atoms with E-state index in [1.54, 1.807) is 0 Å². The minimum atomic E-state index is 0.306. The van der Waals surface area contributed by atoms with Crippen molar-refractivity contribution < 1.29 is 9.32 Å². The van der Waals surface area contributed by atoms with Crippen molar-refractivity contribution in [3.05, 3.63) is 12.3 Å². The molecule has 0 unspecified atom stereocenters. The fraction of sp³-hybridized carbons (Fsp3) is 0. The monoisotopic (exact) mass is 111 g/mol. The third kappa shape index (κ3) is 0.841. The van der Waals surface area contributed by atoms with Gasteiger partial charge in [0.1, 0.15) is 6.26 Å². The Bertz CT molecular complexity index is 159. The van der Waals surface area contributed by atoms with Gasteiger partial charge in [0.25, 0.3) is 0 Å². The van der Waals surface area contributed by atoms with Crippen LogP contribution in [0.3, 0.4) is 0 Å². The van der Waals surface area contributed by atoms with Gasteiger partial charge in [0, 0.05) is 6.07 Å². The molecule has 0 bridgehead atoms. The van der Waals surface area contributed by atoms with E-state index < -0.39 is 0 Å². The molecule has 1 aromatic rings. The molecular formula is C4H3N2O2. The largest absolute Gasteiger partial charge is 0.363 e. The van der Waals surface area contributed by atoms with Gasteiger partial charge in [-0.25, -0.2) is 0 Å². The van der Waals surface area contributed by atoms with Gasteiger partial charge in [-0.2, -0.15) is 5.32 Å². The second-order valence-electron chi connectivity index (χ2n) is 1.09. The van der Waals surface area contributed by atoms with Crippen LogP contribution in [-0.4, -0.2) is 11.6 Å². The Kier molecular flexibility index (Phi) is 1.27. The topological polar surface area (TPSA) is 57.2 Å². The highest BCUT2D eigenvalue weighted by Gasteiger charge is 1.90. The molecule has 1 aromatic heterocycles. The SMILES string of the molecule is O=C[N]c1ccon1. The van der Waals surface area contributed by atoms with Gasteiger partial charge in [-0.05, 0) is 0 Å². The summed E-state index contributed by atoms with van der Waals surface area (Å²) in [5, 5.41) is 6.61. The van der Waals surface area contributed by atoms with Crippen LogP contribution >= 0.6 is 0 Å². The molecule has 8 heavy (non-hydrogen) atoms. The zero-order chi connectivity index (χ0) is 5.82. The summed E-state index contributed by atoms with van der Waals surface area (Å²) < 4.78 is 4.36. The van der Waals surface area contributed by atoms with Crippen molar-refractivity contribution in [3.63, 3.8) is 0 Å². The van der Waals surface area contributed by atoms with Gasteiger partial charge in [-0.15, -0.1) is 0 Å². The molecule has 4 heteroatoms. The summed E-state index contributed by atoms with van der Waals surface area (Å²) in [6.07, 6.45) is 1.76. The van der Waals surface area contributed by atoms with E-state index >= 15 is 0 Å². The van der Waals surface area contributed by atoms with Crippen molar-refractivity contribution in [2.45, 2.75) is 0 Å². The molecule has 0 aliphatic heterocycles. The van der Waals surface area contributed by atoms with Gasteiger partial charge >= 0.3 is 0 Å². The maximum Gasteiger partial charge on any atom is 0.235 e. The highest BCUT2D eigenvalue weighted by molar-refractivity contribution is 5.54. The summed E-state index contributed by atoms with van der Waals surface area (Å²) in [5.74, 6) is 0.306. The van der Waals surface area contributed by atoms with Gasteiger partial charge < -0.3 is 4.52 Å². The first-order valence-electron chi connectivity index (χ1n) is 1.98. The van der Waals surface area contributed by atoms with E-state index in [2.05, 4.69) is 15.0 Å². The normalized spacial score (nSPS) is 8.50. The van der Waals surface area contributed by atoms with Crippen LogP contribution in [-0.2, 0) is 4.79 Å². The molecule has 0 N–H and O–H groups in total. The molecule has 1 amide bonds. The molecule has 4 nitrogen and oxygen atoms in total. The molecule has 1 radical (unpaired) electrons. The highest BCUT2D eigenvalue weighted by Crippen LogP contribution is 1.97. The first-order chi connectivity index (χ1) is 3.93. The average Bonchev–Trinajstić information content (AvgIpc) is 2.19. The van der Waals surface area contributed by atoms with Gasteiger partial charge in [0.05, 0.1) is 0 Å². The Balaban J connectivity index is 2.62. The molecule has 0 aromatic carbocycles. The molecule has 1 heterocycles. The predicted octanol–water partition coefficient (Wildman–Crippen LogP) is 0.0669. The highest BCUT2D eigenvalue weighted by atomic mass is 16.5. The number of carbonyl (C=O) groups is 1. The molecule has 41 valence electrons. The second kappa shape index (κ2) is 2.11. The summed E-state index contributed by atoms with van der Waals surface area (Å²) in [5.41, 5.74) is 0. The lowest BCUT2D eigenvalue weighted by Gasteiger charge is -1.76. The van der Waals surface area contributed by atoms with Crippen LogP contribution in [0.4, 0.5) is 5.82 Å². The Labute approximate surface area is 45.5 Å². The maximum absolute atomic E-state index is 9.62. The summed E-state index contributed by atoms with van der Waals surface area (Å²) in [7, 11) is 0. The lowest BCUT2D eigenvalue weighted by molar-refractivity contribution is -0.108. The molecule has 0 saturated carbocycles. The van der Waals surface area contributed by atoms with Crippen molar-refractivity contribution in [2.75, 3.05) is 0 Å². The molecule has 0 spiro atoms. The average molecular weight is 111 g/mol. The molecule has 0 atom stereocenters. The van der Waals surface area contributed by atoms with Crippen LogP contribution in [0.2, 0.25) is 0 Å². The van der Waals surface area contributed by atoms with E-state index in [-0.39, 0.29) is 0 Å². The lowest BCUT2D eigenvalue weighted by Crippen LogP contribution is -1.90. The Morgan fingerprint density at radius 1 is 1.88 bits per heavy atom. The summed E-state index contributed by atoms with van der Waals surface area (Å²) in [6, 6.07) is 1.49. The smallest absolute Gasteiger partial charge is 0.235 e. The number of hydrogen-bond donors (Lipinski definition) is 0. The van der Waals surface area contributed by atoms with Crippen molar-refractivity contribution in [1.82, 2.24) is 10.5 Å². The van der Waals surface area contributed by atoms with E-state index in [1.807, 2.05) is 0 Å². The molecular weight excluding hydrogens is 108 g/mol. The van der Waals surface area contributed by atoms with Crippen LogP contribution in [0, 0.1) is 0 Å². The lowest BCUT2D eigenvalue weighted by atomic mass is 10.6. The van der Waals surface area contributed by atoms with Crippen molar-refractivity contribution in [1.29, 1.82) is 0 Å². The van der Waals surface area contributed by atoms with E-state index in [0.717, 1.165) is 0 Å². The van der Waals surface area contributed by atoms with Gasteiger partial charge in [-0.1, -0.05) is 5.16 Å². The number of aromatic nitrogens is 1. The quantitative estimate of drug-likeness (QED) is 0.507. The molecule has 0 fully saturated rings. The number of hydrogen-bond acceptors (Lipinski definition) is 3.